The Morgan fingerprint density at radius 1 is 1.23 bits per heavy atom. The fourth-order valence-electron chi connectivity index (χ4n) is 4.33. The number of aromatic amines is 1. The Morgan fingerprint density at radius 2 is 1.93 bits per heavy atom. The van der Waals surface area contributed by atoms with E-state index >= 15 is 0 Å². The van der Waals surface area contributed by atoms with Crippen molar-refractivity contribution in [2.45, 2.75) is 70.8 Å². The molecule has 2 aromatic rings. The molecule has 5 rings (SSSR count). The molecule has 166 valence electrons. The summed E-state index contributed by atoms with van der Waals surface area (Å²) in [5.41, 5.74) is 5.92. The number of carbonyl (C=O) groups excluding carboxylic acids is 1. The number of ether oxygens (including phenoxy) is 1. The molecule has 2 fully saturated rings. The lowest BCUT2D eigenvalue weighted by Crippen LogP contribution is -2.44. The van der Waals surface area contributed by atoms with Gasteiger partial charge in [-0.25, -0.2) is 4.98 Å². The van der Waals surface area contributed by atoms with Crippen LogP contribution in [0.4, 0.5) is 0 Å². The Bertz CT molecular complexity index is 851. The minimum Gasteiger partial charge on any atom is -0.379 e. The molecule has 3 N–H and O–H groups in total. The van der Waals surface area contributed by atoms with Crippen LogP contribution in [-0.4, -0.2) is 53.1 Å². The first kappa shape index (κ1) is 22.9. The smallest absolute Gasteiger partial charge is 0.259 e. The molecule has 3 heterocycles. The van der Waals surface area contributed by atoms with Crippen molar-refractivity contribution in [1.29, 1.82) is 0 Å². The van der Waals surface area contributed by atoms with Gasteiger partial charge < -0.3 is 15.5 Å². The third-order valence-electron chi connectivity index (χ3n) is 5.99. The highest BCUT2D eigenvalue weighted by Crippen LogP contribution is 2.34. The van der Waals surface area contributed by atoms with Crippen molar-refractivity contribution >= 4 is 27.5 Å². The third-order valence-corrected chi connectivity index (χ3v) is 7.19. The average Bonchev–Trinajstić information content (AvgIpc) is 3.37. The fraction of sp³-hybridized carbons (Fsp3) is 0.682. The minimum absolute atomic E-state index is 0.0180. The molecular formula is C22H34N4O3S. The van der Waals surface area contributed by atoms with Crippen molar-refractivity contribution in [1.82, 2.24) is 14.9 Å². The summed E-state index contributed by atoms with van der Waals surface area (Å²) in [5, 5.41) is 0.833. The van der Waals surface area contributed by atoms with E-state index in [0.717, 1.165) is 42.3 Å². The lowest BCUT2D eigenvalue weighted by atomic mass is 9.94. The second kappa shape index (κ2) is 11.6. The standard InChI is InChI=1S/C10H19NO.C9H8N2OS.C3H7NO/c1-2-4-10(5-3-1)11-6-8-12-9-7-11;12-8-7-5-2-1-3-6(5)13-9(7)11-4-10-8;1-2-3(4)5/h10H,1-9H2;4H,1-3H2,(H,10,11,12);2H2,1H3,(H2,4,5). The van der Waals surface area contributed by atoms with Crippen LogP contribution in [0.1, 0.15) is 62.3 Å². The number of rotatable bonds is 2. The van der Waals surface area contributed by atoms with Crippen LogP contribution in [0.5, 0.6) is 0 Å². The number of amides is 1. The summed E-state index contributed by atoms with van der Waals surface area (Å²) in [6, 6.07) is 0.891. The van der Waals surface area contributed by atoms with Gasteiger partial charge >= 0.3 is 0 Å². The summed E-state index contributed by atoms with van der Waals surface area (Å²) in [4.78, 5) is 32.8. The van der Waals surface area contributed by atoms with Gasteiger partial charge in [0.2, 0.25) is 5.91 Å². The van der Waals surface area contributed by atoms with Gasteiger partial charge in [-0.2, -0.15) is 0 Å². The van der Waals surface area contributed by atoms with Gasteiger partial charge in [0, 0.05) is 30.4 Å². The number of aryl methyl sites for hydroxylation is 2. The second-order valence-electron chi connectivity index (χ2n) is 8.03. The highest BCUT2D eigenvalue weighted by Gasteiger charge is 2.22. The maximum Gasteiger partial charge on any atom is 0.259 e. The molecule has 0 atom stereocenters. The molecular weight excluding hydrogens is 400 g/mol. The Labute approximate surface area is 182 Å². The maximum absolute atomic E-state index is 11.5. The molecule has 3 aliphatic rings. The van der Waals surface area contributed by atoms with Crippen LogP contribution in [0.3, 0.4) is 0 Å². The molecule has 2 aromatic heterocycles. The van der Waals surface area contributed by atoms with Crippen LogP contribution in [-0.2, 0) is 22.4 Å². The van der Waals surface area contributed by atoms with Crippen LogP contribution in [0, 0.1) is 0 Å². The molecule has 0 unspecified atom stereocenters. The number of morpholine rings is 1. The zero-order valence-electron chi connectivity index (χ0n) is 18.0. The molecule has 1 amide bonds. The first-order chi connectivity index (χ1) is 14.6. The van der Waals surface area contributed by atoms with Gasteiger partial charge in [0.05, 0.1) is 24.9 Å². The van der Waals surface area contributed by atoms with Crippen LogP contribution in [0.2, 0.25) is 0 Å². The Balaban J connectivity index is 0.000000141. The Kier molecular flexibility index (Phi) is 8.84. The van der Waals surface area contributed by atoms with Crippen molar-refractivity contribution in [3.05, 3.63) is 27.1 Å². The average molecular weight is 435 g/mol. The summed E-state index contributed by atoms with van der Waals surface area (Å²) < 4.78 is 5.35. The van der Waals surface area contributed by atoms with E-state index in [1.54, 1.807) is 18.3 Å². The molecule has 30 heavy (non-hydrogen) atoms. The summed E-state index contributed by atoms with van der Waals surface area (Å²) in [7, 11) is 0. The SMILES string of the molecule is C1CCC(N2CCOCC2)CC1.CCC(N)=O.O=c1[nH]cnc2sc3c(c12)CCC3. The van der Waals surface area contributed by atoms with E-state index in [4.69, 9.17) is 4.74 Å². The lowest BCUT2D eigenvalue weighted by Gasteiger charge is -2.36. The summed E-state index contributed by atoms with van der Waals surface area (Å²) in [6.45, 7) is 5.98. The highest BCUT2D eigenvalue weighted by atomic mass is 32.1. The maximum atomic E-state index is 11.5. The van der Waals surface area contributed by atoms with E-state index in [0.29, 0.717) is 6.42 Å². The number of nitrogens with one attached hydrogen (secondary N) is 1. The summed E-state index contributed by atoms with van der Waals surface area (Å²) in [5.74, 6) is -0.245. The van der Waals surface area contributed by atoms with Gasteiger partial charge in [0.25, 0.3) is 5.56 Å². The summed E-state index contributed by atoms with van der Waals surface area (Å²) >= 11 is 1.67. The number of nitrogens with two attached hydrogens (primary N) is 1. The number of nitrogens with zero attached hydrogens (tertiary/aromatic N) is 2. The van der Waals surface area contributed by atoms with E-state index < -0.39 is 0 Å². The summed E-state index contributed by atoms with van der Waals surface area (Å²) in [6.07, 6.45) is 12.5. The van der Waals surface area contributed by atoms with E-state index in [1.165, 1.54) is 68.4 Å². The van der Waals surface area contributed by atoms with E-state index in [1.807, 2.05) is 0 Å². The second-order valence-corrected chi connectivity index (χ2v) is 9.11. The molecule has 0 spiro atoms. The molecule has 0 bridgehead atoms. The number of hydrogen-bond donors (Lipinski definition) is 2. The zero-order chi connectivity index (χ0) is 21.3. The predicted molar refractivity (Wildman–Crippen MR) is 121 cm³/mol. The van der Waals surface area contributed by atoms with Gasteiger partial charge in [-0.05, 0) is 37.7 Å². The number of thiophene rings is 1. The van der Waals surface area contributed by atoms with Gasteiger partial charge in [-0.15, -0.1) is 11.3 Å². The van der Waals surface area contributed by atoms with Crippen LogP contribution < -0.4 is 11.3 Å². The number of hydrogen-bond acceptors (Lipinski definition) is 6. The molecule has 2 aliphatic carbocycles. The predicted octanol–water partition coefficient (Wildman–Crippen LogP) is 3.01. The van der Waals surface area contributed by atoms with Crippen molar-refractivity contribution in [3.63, 3.8) is 0 Å². The van der Waals surface area contributed by atoms with Crippen molar-refractivity contribution in [3.8, 4) is 0 Å². The quantitative estimate of drug-likeness (QED) is 0.757. The molecule has 7 nitrogen and oxygen atoms in total. The van der Waals surface area contributed by atoms with Crippen molar-refractivity contribution < 1.29 is 9.53 Å². The van der Waals surface area contributed by atoms with Gasteiger partial charge in [0.15, 0.2) is 0 Å². The highest BCUT2D eigenvalue weighted by molar-refractivity contribution is 7.18. The topological polar surface area (TPSA) is 101 Å². The molecule has 1 aliphatic heterocycles. The lowest BCUT2D eigenvalue weighted by molar-refractivity contribution is -0.117. The van der Waals surface area contributed by atoms with Crippen molar-refractivity contribution in [2.24, 2.45) is 5.73 Å². The molecule has 0 aromatic carbocycles. The first-order valence-corrected chi connectivity index (χ1v) is 12.0. The number of primary amides is 1. The molecule has 1 saturated carbocycles. The zero-order valence-corrected chi connectivity index (χ0v) is 18.8. The van der Waals surface area contributed by atoms with Crippen LogP contribution >= 0.6 is 11.3 Å². The van der Waals surface area contributed by atoms with Gasteiger partial charge in [-0.3, -0.25) is 14.5 Å². The third kappa shape index (κ3) is 6.12. The fourth-order valence-corrected chi connectivity index (χ4v) is 5.56. The van der Waals surface area contributed by atoms with E-state index in [2.05, 4.69) is 20.6 Å². The van der Waals surface area contributed by atoms with E-state index in [9.17, 15) is 9.59 Å². The van der Waals surface area contributed by atoms with E-state index in [-0.39, 0.29) is 11.5 Å². The van der Waals surface area contributed by atoms with Crippen molar-refractivity contribution in [2.75, 3.05) is 26.3 Å². The molecule has 8 heteroatoms. The first-order valence-electron chi connectivity index (χ1n) is 11.2. The van der Waals surface area contributed by atoms with Crippen LogP contribution in [0.15, 0.2) is 11.1 Å². The number of H-pyrrole nitrogens is 1. The van der Waals surface area contributed by atoms with Gasteiger partial charge in [0.1, 0.15) is 4.83 Å². The largest absolute Gasteiger partial charge is 0.379 e. The normalized spacial score (nSPS) is 19.4. The molecule has 0 radical (unpaired) electrons. The Morgan fingerprint density at radius 3 is 2.60 bits per heavy atom. The monoisotopic (exact) mass is 434 g/mol. The van der Waals surface area contributed by atoms with Crippen LogP contribution in [0.25, 0.3) is 10.2 Å². The number of fused-ring (bicyclic) bond motifs is 3. The Hall–Kier alpha value is -1.77. The minimum atomic E-state index is -0.245. The van der Waals surface area contributed by atoms with Gasteiger partial charge in [-0.1, -0.05) is 26.2 Å². The number of aromatic nitrogens is 2. The number of carbonyl (C=O) groups is 1. The molecule has 1 saturated heterocycles.